The molecule has 0 amide bonds. The van der Waals surface area contributed by atoms with Gasteiger partial charge in [-0.3, -0.25) is 0 Å². The first-order chi connectivity index (χ1) is 17.1. The Bertz CT molecular complexity index is 1300. The lowest BCUT2D eigenvalue weighted by Gasteiger charge is -2.54. The van der Waals surface area contributed by atoms with Gasteiger partial charge in [-0.05, 0) is 78.0 Å². The van der Waals surface area contributed by atoms with Crippen LogP contribution in [0.1, 0.15) is 51.9 Å². The fourth-order valence-corrected chi connectivity index (χ4v) is 6.24. The summed E-state index contributed by atoms with van der Waals surface area (Å²) in [5.41, 5.74) is -0.173. The predicted molar refractivity (Wildman–Crippen MR) is 132 cm³/mol. The van der Waals surface area contributed by atoms with E-state index in [1.807, 2.05) is 30.3 Å². The van der Waals surface area contributed by atoms with Crippen LogP contribution in [0.4, 0.5) is 13.2 Å². The maximum Gasteiger partial charge on any atom is 0.421 e. The van der Waals surface area contributed by atoms with E-state index in [9.17, 15) is 28.2 Å². The highest BCUT2D eigenvalue weighted by Gasteiger charge is 2.63. The molecule has 2 aliphatic carbocycles. The van der Waals surface area contributed by atoms with E-state index in [1.54, 1.807) is 48.5 Å². The Kier molecular flexibility index (Phi) is 6.03. The maximum absolute atomic E-state index is 14.5. The number of carboxylic acids is 1. The second-order valence-corrected chi connectivity index (χ2v) is 10.1. The minimum Gasteiger partial charge on any atom is -0.478 e. The molecule has 1 saturated carbocycles. The van der Waals surface area contributed by atoms with E-state index in [4.69, 9.17) is 0 Å². The molecule has 0 aliphatic heterocycles. The van der Waals surface area contributed by atoms with Crippen molar-refractivity contribution in [2.45, 2.75) is 49.3 Å². The molecule has 6 heteroatoms. The zero-order valence-corrected chi connectivity index (χ0v) is 19.6. The molecule has 3 nitrogen and oxygen atoms in total. The van der Waals surface area contributed by atoms with Gasteiger partial charge in [0.2, 0.25) is 0 Å². The number of fused-ring (bicyclic) bond motifs is 3. The second kappa shape index (κ2) is 8.93. The Morgan fingerprint density at radius 3 is 2.31 bits per heavy atom. The van der Waals surface area contributed by atoms with Crippen molar-refractivity contribution in [3.8, 4) is 0 Å². The van der Waals surface area contributed by atoms with Crippen LogP contribution >= 0.6 is 0 Å². The van der Waals surface area contributed by atoms with Gasteiger partial charge < -0.3 is 10.2 Å². The summed E-state index contributed by atoms with van der Waals surface area (Å²) in [5.74, 6) is -1.46. The van der Waals surface area contributed by atoms with E-state index >= 15 is 0 Å². The van der Waals surface area contributed by atoms with Gasteiger partial charge in [0.25, 0.3) is 0 Å². The Balaban J connectivity index is 1.71. The number of benzene rings is 3. The second-order valence-electron chi connectivity index (χ2n) is 10.1. The molecule has 3 atom stereocenters. The molecular weight excluding hydrogens is 465 g/mol. The molecule has 0 radical (unpaired) electrons. The van der Waals surface area contributed by atoms with Gasteiger partial charge in [0, 0.05) is 5.41 Å². The fourth-order valence-electron chi connectivity index (χ4n) is 6.24. The molecule has 36 heavy (non-hydrogen) atoms. The number of aromatic carboxylic acids is 1. The van der Waals surface area contributed by atoms with Gasteiger partial charge in [-0.25, -0.2) is 4.79 Å². The third-order valence-corrected chi connectivity index (χ3v) is 7.98. The van der Waals surface area contributed by atoms with Gasteiger partial charge in [-0.1, -0.05) is 72.8 Å². The van der Waals surface area contributed by atoms with Gasteiger partial charge in [0.1, 0.15) is 0 Å². The minimum atomic E-state index is -4.82. The van der Waals surface area contributed by atoms with Crippen LogP contribution in [0.3, 0.4) is 0 Å². The Labute approximate surface area is 207 Å². The Morgan fingerprint density at radius 2 is 1.67 bits per heavy atom. The first kappa shape index (κ1) is 24.3. The molecule has 1 fully saturated rings. The average molecular weight is 493 g/mol. The summed E-state index contributed by atoms with van der Waals surface area (Å²) in [6.45, 7) is 0. The zero-order valence-electron chi connectivity index (χ0n) is 19.6. The van der Waals surface area contributed by atoms with Gasteiger partial charge in [-0.15, -0.1) is 0 Å². The summed E-state index contributed by atoms with van der Waals surface area (Å²) < 4.78 is 43.4. The molecule has 0 bridgehead atoms. The number of hydrogen-bond acceptors (Lipinski definition) is 2. The Hall–Kier alpha value is -3.38. The summed E-state index contributed by atoms with van der Waals surface area (Å²) in [5, 5.41) is 20.8. The van der Waals surface area contributed by atoms with Crippen LogP contribution < -0.4 is 0 Å². The first-order valence-corrected chi connectivity index (χ1v) is 12.1. The Morgan fingerprint density at radius 1 is 1.00 bits per heavy atom. The molecule has 2 N–H and O–H groups in total. The molecule has 3 aromatic rings. The molecule has 1 unspecified atom stereocenters. The lowest BCUT2D eigenvalue weighted by atomic mass is 9.51. The molecular formula is C30H27F3O3. The van der Waals surface area contributed by atoms with Crippen LogP contribution in [-0.4, -0.2) is 28.0 Å². The van der Waals surface area contributed by atoms with Crippen LogP contribution in [0.2, 0.25) is 0 Å². The standard InChI is InChI=1S/C30H27F3O3/c31-30(32,33)29(36)19-24-13-11-22-16-23(27(34)35)12-14-26(22)28(24,17-21-9-5-2-6-10-21)18-25(29)15-20-7-3-1-4-8-20/h1-10,12,14-16,24,36H,11,13,17-19H2,(H,34,35)/b25-15+/t24?,28-,29+/m1/s1. The maximum atomic E-state index is 14.5. The first-order valence-electron chi connectivity index (χ1n) is 12.1. The molecule has 0 saturated heterocycles. The van der Waals surface area contributed by atoms with Crippen LogP contribution in [0.15, 0.2) is 84.4 Å². The summed E-state index contributed by atoms with van der Waals surface area (Å²) >= 11 is 0. The fraction of sp³-hybridized carbons (Fsp3) is 0.300. The van der Waals surface area contributed by atoms with Crippen molar-refractivity contribution in [1.82, 2.24) is 0 Å². The van der Waals surface area contributed by atoms with Gasteiger partial charge in [0.05, 0.1) is 5.56 Å². The van der Waals surface area contributed by atoms with Crippen molar-refractivity contribution < 1.29 is 28.2 Å². The van der Waals surface area contributed by atoms with Crippen LogP contribution in [-0.2, 0) is 18.3 Å². The van der Waals surface area contributed by atoms with Gasteiger partial charge >= 0.3 is 12.1 Å². The molecule has 5 rings (SSSR count). The third kappa shape index (κ3) is 4.13. The van der Waals surface area contributed by atoms with Crippen LogP contribution in [0.5, 0.6) is 0 Å². The van der Waals surface area contributed by atoms with E-state index in [2.05, 4.69) is 0 Å². The van der Waals surface area contributed by atoms with E-state index in [0.717, 1.165) is 16.7 Å². The quantitative estimate of drug-likeness (QED) is 0.432. The van der Waals surface area contributed by atoms with Crippen molar-refractivity contribution >= 4 is 12.0 Å². The monoisotopic (exact) mass is 492 g/mol. The number of aliphatic hydroxyl groups is 1. The normalized spacial score (nSPS) is 26.8. The highest BCUT2D eigenvalue weighted by molar-refractivity contribution is 5.88. The van der Waals surface area contributed by atoms with E-state index in [-0.39, 0.29) is 17.6 Å². The summed E-state index contributed by atoms with van der Waals surface area (Å²) in [7, 11) is 0. The van der Waals surface area contributed by atoms with Crippen molar-refractivity contribution in [1.29, 1.82) is 0 Å². The van der Waals surface area contributed by atoms with Gasteiger partial charge in [0.15, 0.2) is 5.60 Å². The lowest BCUT2D eigenvalue weighted by Crippen LogP contribution is -2.58. The van der Waals surface area contributed by atoms with E-state index < -0.39 is 35.5 Å². The number of halogens is 3. The van der Waals surface area contributed by atoms with Crippen molar-refractivity contribution in [2.24, 2.45) is 5.92 Å². The number of hydrogen-bond donors (Lipinski definition) is 2. The molecule has 3 aromatic carbocycles. The number of rotatable bonds is 4. The molecule has 2 aliphatic rings. The molecule has 0 heterocycles. The van der Waals surface area contributed by atoms with E-state index in [0.29, 0.717) is 24.8 Å². The lowest BCUT2D eigenvalue weighted by molar-refractivity contribution is -0.258. The zero-order chi connectivity index (χ0) is 25.6. The average Bonchev–Trinajstić information content (AvgIpc) is 2.85. The van der Waals surface area contributed by atoms with Gasteiger partial charge in [-0.2, -0.15) is 13.2 Å². The summed E-state index contributed by atoms with van der Waals surface area (Å²) in [4.78, 5) is 11.6. The van der Waals surface area contributed by atoms with Crippen molar-refractivity contribution in [3.05, 3.63) is 112 Å². The predicted octanol–water partition coefficient (Wildman–Crippen LogP) is 6.60. The van der Waals surface area contributed by atoms with Crippen molar-refractivity contribution in [3.63, 3.8) is 0 Å². The number of aryl methyl sites for hydroxylation is 1. The molecule has 186 valence electrons. The smallest absolute Gasteiger partial charge is 0.421 e. The largest absolute Gasteiger partial charge is 0.478 e. The highest BCUT2D eigenvalue weighted by atomic mass is 19.4. The minimum absolute atomic E-state index is 0.0247. The van der Waals surface area contributed by atoms with Crippen molar-refractivity contribution in [2.75, 3.05) is 0 Å². The molecule has 0 spiro atoms. The summed E-state index contributed by atoms with van der Waals surface area (Å²) in [6, 6.07) is 23.4. The number of alkyl halides is 3. The topological polar surface area (TPSA) is 57.5 Å². The number of carbonyl (C=O) groups is 1. The third-order valence-electron chi connectivity index (χ3n) is 7.98. The molecule has 0 aromatic heterocycles. The van der Waals surface area contributed by atoms with Crippen LogP contribution in [0, 0.1) is 5.92 Å². The highest BCUT2D eigenvalue weighted by Crippen LogP contribution is 2.59. The SMILES string of the molecule is O=C(O)c1ccc2c(c1)CCC1C[C@@](O)(C(F)(F)F)/C(=C/c3ccccc3)C[C@@]21Cc1ccccc1. The summed E-state index contributed by atoms with van der Waals surface area (Å²) in [6.07, 6.45) is -2.32. The van der Waals surface area contributed by atoms with Crippen LogP contribution in [0.25, 0.3) is 6.08 Å². The van der Waals surface area contributed by atoms with E-state index in [1.165, 1.54) is 6.08 Å². The number of carboxylic acid groups (broad SMARTS) is 1.